The number of carbonyl (C=O) groups excluding carboxylic acids is 3. The van der Waals surface area contributed by atoms with Gasteiger partial charge < -0.3 is 10.6 Å². The number of thioether (sulfide) groups is 1. The van der Waals surface area contributed by atoms with Crippen molar-refractivity contribution in [3.8, 4) is 0 Å². The van der Waals surface area contributed by atoms with E-state index in [1.165, 1.54) is 4.90 Å². The van der Waals surface area contributed by atoms with E-state index >= 15 is 0 Å². The van der Waals surface area contributed by atoms with E-state index in [9.17, 15) is 14.4 Å². The lowest BCUT2D eigenvalue weighted by molar-refractivity contribution is -0.126. The van der Waals surface area contributed by atoms with Crippen LogP contribution in [0.2, 0.25) is 0 Å². The van der Waals surface area contributed by atoms with Crippen LogP contribution in [0.5, 0.6) is 0 Å². The van der Waals surface area contributed by atoms with Crippen LogP contribution in [0.1, 0.15) is 38.8 Å². The third kappa shape index (κ3) is 4.99. The predicted octanol–water partition coefficient (Wildman–Crippen LogP) is 1.96. The van der Waals surface area contributed by atoms with Crippen molar-refractivity contribution in [3.63, 3.8) is 0 Å². The summed E-state index contributed by atoms with van der Waals surface area (Å²) in [5, 5.41) is 7.88. The third-order valence-electron chi connectivity index (χ3n) is 3.38. The van der Waals surface area contributed by atoms with E-state index in [0.717, 1.165) is 5.56 Å². The first kappa shape index (κ1) is 17.3. The number of hydrogen-bond acceptors (Lipinski definition) is 4. The highest BCUT2D eigenvalue weighted by Gasteiger charge is 2.31. The molecule has 7 heteroatoms. The highest BCUT2D eigenvalue weighted by molar-refractivity contribution is 7.99. The van der Waals surface area contributed by atoms with Crippen LogP contribution in [0.15, 0.2) is 29.2 Å². The molecule has 2 unspecified atom stereocenters. The summed E-state index contributed by atoms with van der Waals surface area (Å²) in [5.74, 6) is -0.742. The molecular formula is C16H21N3O3S. The second-order valence-electron chi connectivity index (χ2n) is 5.74. The molecule has 2 atom stereocenters. The largest absolute Gasteiger partial charge is 0.350 e. The van der Waals surface area contributed by atoms with Gasteiger partial charge in [-0.15, -0.1) is 11.8 Å². The van der Waals surface area contributed by atoms with Crippen molar-refractivity contribution in [3.05, 3.63) is 29.8 Å². The number of imide groups is 1. The Hall–Kier alpha value is -2.02. The zero-order chi connectivity index (χ0) is 17.0. The van der Waals surface area contributed by atoms with Gasteiger partial charge in [-0.1, -0.05) is 26.0 Å². The van der Waals surface area contributed by atoms with Gasteiger partial charge in [0.25, 0.3) is 5.91 Å². The van der Waals surface area contributed by atoms with Crippen molar-refractivity contribution in [2.45, 2.75) is 49.4 Å². The molecule has 1 aromatic rings. The molecule has 0 bridgehead atoms. The van der Waals surface area contributed by atoms with Crippen molar-refractivity contribution in [2.24, 2.45) is 0 Å². The molecule has 6 nitrogen and oxygen atoms in total. The zero-order valence-corrected chi connectivity index (χ0v) is 14.2. The second-order valence-corrected chi connectivity index (χ2v) is 7.39. The van der Waals surface area contributed by atoms with Crippen LogP contribution in [-0.2, 0) is 9.59 Å². The average molecular weight is 335 g/mol. The number of nitrogens with one attached hydrogen (secondary N) is 3. The molecule has 1 heterocycles. The lowest BCUT2D eigenvalue weighted by atomic mass is 10.1. The SMILES string of the molecule is CC(C)Sc1ccc(C(C)NC(=O)CC2NC(=O)NC2=O)cc1. The van der Waals surface area contributed by atoms with Crippen molar-refractivity contribution in [1.29, 1.82) is 0 Å². The van der Waals surface area contributed by atoms with Gasteiger partial charge in [0.15, 0.2) is 0 Å². The van der Waals surface area contributed by atoms with Gasteiger partial charge in [-0.25, -0.2) is 4.79 Å². The van der Waals surface area contributed by atoms with E-state index in [-0.39, 0.29) is 18.4 Å². The first-order valence-corrected chi connectivity index (χ1v) is 8.40. The normalized spacial score (nSPS) is 18.5. The molecular weight excluding hydrogens is 314 g/mol. The van der Waals surface area contributed by atoms with Crippen molar-refractivity contribution in [2.75, 3.05) is 0 Å². The average Bonchev–Trinajstić information content (AvgIpc) is 2.76. The fraction of sp³-hybridized carbons (Fsp3) is 0.438. The zero-order valence-electron chi connectivity index (χ0n) is 13.4. The Bertz CT molecular complexity index is 601. The van der Waals surface area contributed by atoms with Gasteiger partial charge >= 0.3 is 6.03 Å². The number of urea groups is 1. The van der Waals surface area contributed by atoms with Gasteiger partial charge in [-0.2, -0.15) is 0 Å². The molecule has 3 N–H and O–H groups in total. The van der Waals surface area contributed by atoms with E-state index in [2.05, 4.69) is 29.8 Å². The Morgan fingerprint density at radius 2 is 1.87 bits per heavy atom. The van der Waals surface area contributed by atoms with Crippen LogP contribution in [0.4, 0.5) is 4.79 Å². The molecule has 1 saturated heterocycles. The highest BCUT2D eigenvalue weighted by Crippen LogP contribution is 2.24. The summed E-state index contributed by atoms with van der Waals surface area (Å²) in [5.41, 5.74) is 0.992. The maximum Gasteiger partial charge on any atom is 0.322 e. The Balaban J connectivity index is 1.88. The molecule has 0 saturated carbocycles. The number of amides is 4. The molecule has 0 spiro atoms. The van der Waals surface area contributed by atoms with Crippen LogP contribution >= 0.6 is 11.8 Å². The Morgan fingerprint density at radius 1 is 1.22 bits per heavy atom. The molecule has 1 fully saturated rings. The first-order valence-electron chi connectivity index (χ1n) is 7.52. The minimum absolute atomic E-state index is 0.0663. The fourth-order valence-corrected chi connectivity index (χ4v) is 3.12. The molecule has 1 aromatic carbocycles. The minimum atomic E-state index is -0.792. The van der Waals surface area contributed by atoms with Crippen molar-refractivity contribution in [1.82, 2.24) is 16.0 Å². The first-order chi connectivity index (χ1) is 10.8. The molecule has 124 valence electrons. The smallest absolute Gasteiger partial charge is 0.322 e. The second kappa shape index (κ2) is 7.50. The molecule has 1 aliphatic heterocycles. The molecule has 0 aromatic heterocycles. The topological polar surface area (TPSA) is 87.3 Å². The van der Waals surface area contributed by atoms with Gasteiger partial charge in [0.2, 0.25) is 5.91 Å². The minimum Gasteiger partial charge on any atom is -0.350 e. The summed E-state index contributed by atoms with van der Waals surface area (Å²) >= 11 is 1.78. The van der Waals surface area contributed by atoms with Crippen molar-refractivity contribution >= 4 is 29.6 Å². The van der Waals surface area contributed by atoms with Crippen LogP contribution in [0.25, 0.3) is 0 Å². The van der Waals surface area contributed by atoms with E-state index in [1.54, 1.807) is 11.8 Å². The summed E-state index contributed by atoms with van der Waals surface area (Å²) < 4.78 is 0. The highest BCUT2D eigenvalue weighted by atomic mass is 32.2. The maximum atomic E-state index is 12.0. The standard InChI is InChI=1S/C16H21N3O3S/c1-9(2)23-12-6-4-11(5-7-12)10(3)17-14(20)8-13-15(21)19-16(22)18-13/h4-7,9-10,13H,8H2,1-3H3,(H,17,20)(H2,18,19,21,22). The van der Waals surface area contributed by atoms with Gasteiger partial charge in [-0.05, 0) is 24.6 Å². The summed E-state index contributed by atoms with van der Waals surface area (Å²) in [4.78, 5) is 35.6. The summed E-state index contributed by atoms with van der Waals surface area (Å²) in [6.45, 7) is 6.16. The lowest BCUT2D eigenvalue weighted by Gasteiger charge is -2.16. The molecule has 0 aliphatic carbocycles. The molecule has 23 heavy (non-hydrogen) atoms. The summed E-state index contributed by atoms with van der Waals surface area (Å²) in [6, 6.07) is 6.53. The number of rotatable bonds is 6. The van der Waals surface area contributed by atoms with E-state index in [4.69, 9.17) is 0 Å². The Kier molecular flexibility index (Phi) is 5.65. The monoisotopic (exact) mass is 335 g/mol. The number of benzene rings is 1. The lowest BCUT2D eigenvalue weighted by Crippen LogP contribution is -2.37. The van der Waals surface area contributed by atoms with Crippen LogP contribution in [0.3, 0.4) is 0 Å². The summed E-state index contributed by atoms with van der Waals surface area (Å²) in [6.07, 6.45) is -0.0663. The van der Waals surface area contributed by atoms with E-state index < -0.39 is 18.0 Å². The number of carbonyl (C=O) groups is 3. The van der Waals surface area contributed by atoms with E-state index in [0.29, 0.717) is 5.25 Å². The fourth-order valence-electron chi connectivity index (χ4n) is 2.28. The third-order valence-corrected chi connectivity index (χ3v) is 4.39. The van der Waals surface area contributed by atoms with Gasteiger partial charge in [0, 0.05) is 10.1 Å². The Labute approximate surface area is 139 Å². The van der Waals surface area contributed by atoms with Gasteiger partial charge in [-0.3, -0.25) is 14.9 Å². The quantitative estimate of drug-likeness (QED) is 0.548. The molecule has 1 aliphatic rings. The predicted molar refractivity (Wildman–Crippen MR) is 89.1 cm³/mol. The van der Waals surface area contributed by atoms with E-state index in [1.807, 2.05) is 31.2 Å². The van der Waals surface area contributed by atoms with Gasteiger partial charge in [0.1, 0.15) is 6.04 Å². The maximum absolute atomic E-state index is 12.0. The van der Waals surface area contributed by atoms with Crippen LogP contribution in [0, 0.1) is 0 Å². The van der Waals surface area contributed by atoms with Crippen LogP contribution < -0.4 is 16.0 Å². The van der Waals surface area contributed by atoms with Crippen molar-refractivity contribution < 1.29 is 14.4 Å². The molecule has 2 rings (SSSR count). The summed E-state index contributed by atoms with van der Waals surface area (Å²) in [7, 11) is 0. The molecule has 4 amide bonds. The number of hydrogen-bond donors (Lipinski definition) is 3. The van der Waals surface area contributed by atoms with Crippen LogP contribution in [-0.4, -0.2) is 29.1 Å². The molecule has 0 radical (unpaired) electrons. The van der Waals surface area contributed by atoms with Gasteiger partial charge in [0.05, 0.1) is 12.5 Å². The Morgan fingerprint density at radius 3 is 2.39 bits per heavy atom.